The lowest BCUT2D eigenvalue weighted by Crippen LogP contribution is -2.41. The van der Waals surface area contributed by atoms with E-state index in [-0.39, 0.29) is 23.5 Å². The highest BCUT2D eigenvalue weighted by atomic mass is 32.2. The fourth-order valence-electron chi connectivity index (χ4n) is 2.31. The smallest absolute Gasteiger partial charge is 0.272 e. The Morgan fingerprint density at radius 2 is 2.21 bits per heavy atom. The fourth-order valence-corrected chi connectivity index (χ4v) is 4.04. The van der Waals surface area contributed by atoms with Crippen LogP contribution in [0, 0.1) is 6.92 Å². The van der Waals surface area contributed by atoms with Crippen molar-refractivity contribution >= 4 is 15.7 Å². The number of amides is 1. The minimum absolute atomic E-state index is 0.0522. The van der Waals surface area contributed by atoms with E-state index in [0.29, 0.717) is 24.4 Å². The Hall–Kier alpha value is -1.50. The Bertz CT molecular complexity index is 586. The molecule has 1 saturated heterocycles. The molecule has 2 rings (SSSR count). The molecule has 1 aliphatic heterocycles. The maximum absolute atomic E-state index is 12.4. The third-order valence-corrected chi connectivity index (χ3v) is 5.02. The Morgan fingerprint density at radius 3 is 2.74 bits per heavy atom. The molecule has 1 fully saturated rings. The van der Waals surface area contributed by atoms with E-state index >= 15 is 0 Å². The number of aromatic nitrogens is 2. The van der Waals surface area contributed by atoms with Gasteiger partial charge in [-0.3, -0.25) is 4.79 Å². The van der Waals surface area contributed by atoms with Crippen LogP contribution >= 0.6 is 0 Å². The molecule has 0 radical (unpaired) electrons. The van der Waals surface area contributed by atoms with Gasteiger partial charge >= 0.3 is 0 Å². The molecular weight excluding hydrogens is 266 g/mol. The number of carbonyl (C=O) groups is 1. The van der Waals surface area contributed by atoms with Crippen molar-refractivity contribution in [2.24, 2.45) is 0 Å². The SMILES string of the molecule is CCN(C(=O)c1cc(C)ncn1)C1CCS(=O)(=O)C1. The predicted molar refractivity (Wildman–Crippen MR) is 70.5 cm³/mol. The third kappa shape index (κ3) is 3.09. The largest absolute Gasteiger partial charge is 0.334 e. The van der Waals surface area contributed by atoms with Gasteiger partial charge in [-0.2, -0.15) is 0 Å². The predicted octanol–water partition coefficient (Wildman–Crippen LogP) is 0.434. The van der Waals surface area contributed by atoms with E-state index in [1.807, 2.05) is 6.92 Å². The first kappa shape index (κ1) is 13.9. The van der Waals surface area contributed by atoms with E-state index in [0.717, 1.165) is 0 Å². The van der Waals surface area contributed by atoms with E-state index < -0.39 is 9.84 Å². The average molecular weight is 283 g/mol. The first-order valence-electron chi connectivity index (χ1n) is 6.23. The zero-order chi connectivity index (χ0) is 14.0. The summed E-state index contributed by atoms with van der Waals surface area (Å²) in [5.74, 6) is -0.0175. The molecule has 1 amide bonds. The van der Waals surface area contributed by atoms with Crippen molar-refractivity contribution < 1.29 is 13.2 Å². The number of aryl methyl sites for hydroxylation is 1. The van der Waals surface area contributed by atoms with Crippen LogP contribution in [-0.4, -0.2) is 53.3 Å². The lowest BCUT2D eigenvalue weighted by atomic mass is 10.2. The summed E-state index contributed by atoms with van der Waals surface area (Å²) in [6.07, 6.45) is 1.85. The molecule has 0 aliphatic carbocycles. The topological polar surface area (TPSA) is 80.2 Å². The molecule has 1 aromatic rings. The first-order chi connectivity index (χ1) is 8.93. The van der Waals surface area contributed by atoms with Gasteiger partial charge in [0.05, 0.1) is 11.5 Å². The van der Waals surface area contributed by atoms with Crippen LogP contribution in [0.4, 0.5) is 0 Å². The molecule has 0 aromatic carbocycles. The molecule has 104 valence electrons. The first-order valence-corrected chi connectivity index (χ1v) is 8.05. The molecule has 2 heterocycles. The van der Waals surface area contributed by atoms with Crippen LogP contribution in [0.15, 0.2) is 12.4 Å². The molecule has 1 atom stereocenters. The van der Waals surface area contributed by atoms with Crippen LogP contribution in [0.5, 0.6) is 0 Å². The second kappa shape index (κ2) is 5.24. The van der Waals surface area contributed by atoms with Gasteiger partial charge in [-0.15, -0.1) is 0 Å². The second-order valence-corrected chi connectivity index (χ2v) is 6.92. The summed E-state index contributed by atoms with van der Waals surface area (Å²) in [5.41, 5.74) is 1.03. The summed E-state index contributed by atoms with van der Waals surface area (Å²) in [6, 6.07) is 1.38. The van der Waals surface area contributed by atoms with Crippen molar-refractivity contribution in [1.29, 1.82) is 0 Å². The molecule has 0 bridgehead atoms. The number of hydrogen-bond acceptors (Lipinski definition) is 5. The molecule has 1 aliphatic rings. The van der Waals surface area contributed by atoms with Gasteiger partial charge in [0.2, 0.25) is 0 Å². The summed E-state index contributed by atoms with van der Waals surface area (Å²) in [5, 5.41) is 0. The Balaban J connectivity index is 2.21. The lowest BCUT2D eigenvalue weighted by Gasteiger charge is -2.26. The molecule has 1 aromatic heterocycles. The average Bonchev–Trinajstić information content (AvgIpc) is 2.70. The van der Waals surface area contributed by atoms with Crippen LogP contribution in [0.3, 0.4) is 0 Å². The minimum Gasteiger partial charge on any atom is -0.334 e. The van der Waals surface area contributed by atoms with Gasteiger partial charge in [-0.25, -0.2) is 18.4 Å². The van der Waals surface area contributed by atoms with E-state index in [9.17, 15) is 13.2 Å². The van der Waals surface area contributed by atoms with Gasteiger partial charge in [-0.05, 0) is 26.3 Å². The number of hydrogen-bond donors (Lipinski definition) is 0. The highest BCUT2D eigenvalue weighted by Gasteiger charge is 2.34. The van der Waals surface area contributed by atoms with Crippen LogP contribution in [0.25, 0.3) is 0 Å². The van der Waals surface area contributed by atoms with Gasteiger partial charge in [0.1, 0.15) is 12.0 Å². The van der Waals surface area contributed by atoms with Gasteiger partial charge in [-0.1, -0.05) is 0 Å². The number of carbonyl (C=O) groups excluding carboxylic acids is 1. The van der Waals surface area contributed by atoms with Crippen LogP contribution in [-0.2, 0) is 9.84 Å². The molecule has 0 N–H and O–H groups in total. The fraction of sp³-hybridized carbons (Fsp3) is 0.583. The number of nitrogens with zero attached hydrogens (tertiary/aromatic N) is 3. The standard InChI is InChI=1S/C12H17N3O3S/c1-3-15(10-4-5-19(17,18)7-10)12(16)11-6-9(2)13-8-14-11/h6,8,10H,3-5,7H2,1-2H3. The van der Waals surface area contributed by atoms with Crippen LogP contribution in [0.2, 0.25) is 0 Å². The molecule has 7 heteroatoms. The summed E-state index contributed by atoms with van der Waals surface area (Å²) in [4.78, 5) is 21.9. The van der Waals surface area contributed by atoms with Gasteiger partial charge < -0.3 is 4.90 Å². The Morgan fingerprint density at radius 1 is 1.47 bits per heavy atom. The van der Waals surface area contributed by atoms with Gasteiger partial charge in [0, 0.05) is 18.3 Å². The van der Waals surface area contributed by atoms with Crippen LogP contribution in [0.1, 0.15) is 29.5 Å². The maximum Gasteiger partial charge on any atom is 0.272 e. The summed E-state index contributed by atoms with van der Waals surface area (Å²) in [7, 11) is -3.00. The van der Waals surface area contributed by atoms with Crippen molar-refractivity contribution in [2.75, 3.05) is 18.1 Å². The minimum atomic E-state index is -3.00. The molecule has 6 nitrogen and oxygen atoms in total. The van der Waals surface area contributed by atoms with Crippen molar-refractivity contribution in [3.8, 4) is 0 Å². The van der Waals surface area contributed by atoms with Crippen molar-refractivity contribution in [3.63, 3.8) is 0 Å². The molecule has 1 unspecified atom stereocenters. The van der Waals surface area contributed by atoms with E-state index in [4.69, 9.17) is 0 Å². The quantitative estimate of drug-likeness (QED) is 0.804. The maximum atomic E-state index is 12.4. The Kier molecular flexibility index (Phi) is 3.84. The number of sulfone groups is 1. The lowest BCUT2D eigenvalue weighted by molar-refractivity contribution is 0.0702. The molecular formula is C12H17N3O3S. The zero-order valence-corrected chi connectivity index (χ0v) is 11.9. The molecule has 0 spiro atoms. The monoisotopic (exact) mass is 283 g/mol. The normalized spacial score (nSPS) is 21.3. The highest BCUT2D eigenvalue weighted by molar-refractivity contribution is 7.91. The van der Waals surface area contributed by atoms with Crippen molar-refractivity contribution in [3.05, 3.63) is 23.8 Å². The second-order valence-electron chi connectivity index (χ2n) is 4.69. The Labute approximate surface area is 112 Å². The molecule has 0 saturated carbocycles. The third-order valence-electron chi connectivity index (χ3n) is 3.27. The summed E-state index contributed by atoms with van der Waals surface area (Å²) < 4.78 is 23.0. The summed E-state index contributed by atoms with van der Waals surface area (Å²) in [6.45, 7) is 4.10. The number of rotatable bonds is 3. The summed E-state index contributed by atoms with van der Waals surface area (Å²) >= 11 is 0. The van der Waals surface area contributed by atoms with Crippen LogP contribution < -0.4 is 0 Å². The zero-order valence-electron chi connectivity index (χ0n) is 11.0. The van der Waals surface area contributed by atoms with E-state index in [1.54, 1.807) is 17.9 Å². The van der Waals surface area contributed by atoms with Gasteiger partial charge in [0.15, 0.2) is 9.84 Å². The van der Waals surface area contributed by atoms with Crippen molar-refractivity contribution in [2.45, 2.75) is 26.3 Å². The molecule has 19 heavy (non-hydrogen) atoms. The van der Waals surface area contributed by atoms with E-state index in [2.05, 4.69) is 9.97 Å². The van der Waals surface area contributed by atoms with E-state index in [1.165, 1.54) is 6.33 Å². The highest BCUT2D eigenvalue weighted by Crippen LogP contribution is 2.19. The van der Waals surface area contributed by atoms with Crippen molar-refractivity contribution in [1.82, 2.24) is 14.9 Å². The van der Waals surface area contributed by atoms with Gasteiger partial charge in [0.25, 0.3) is 5.91 Å².